The average Bonchev–Trinajstić information content (AvgIpc) is 2.87. The lowest BCUT2D eigenvalue weighted by Gasteiger charge is -2.22. The van der Waals surface area contributed by atoms with Crippen molar-refractivity contribution in [2.24, 2.45) is 5.73 Å². The number of nitrogens with one attached hydrogen (secondary N) is 1. The SMILES string of the molecule is CC1(C)OCC(C(OC(=O)CS(=O)(=O)Nc2c(F)cc(F)cc2F)C(N)=O)O1. The smallest absolute Gasteiger partial charge is 0.323 e. The van der Waals surface area contributed by atoms with Crippen LogP contribution in [0.5, 0.6) is 0 Å². The Hall–Kier alpha value is -2.38. The molecule has 1 aliphatic heterocycles. The molecule has 28 heavy (non-hydrogen) atoms. The first-order chi connectivity index (χ1) is 12.8. The van der Waals surface area contributed by atoms with Gasteiger partial charge in [-0.25, -0.2) is 21.6 Å². The Morgan fingerprint density at radius 2 is 1.89 bits per heavy atom. The van der Waals surface area contributed by atoms with Crippen LogP contribution >= 0.6 is 0 Å². The first-order valence-corrected chi connectivity index (χ1v) is 9.40. The maximum atomic E-state index is 13.6. The van der Waals surface area contributed by atoms with Gasteiger partial charge in [0.15, 0.2) is 23.2 Å². The highest BCUT2D eigenvalue weighted by Crippen LogP contribution is 2.26. The van der Waals surface area contributed by atoms with E-state index in [4.69, 9.17) is 19.9 Å². The van der Waals surface area contributed by atoms with Crippen LogP contribution in [0.25, 0.3) is 0 Å². The number of benzene rings is 1. The molecule has 1 aromatic rings. The Morgan fingerprint density at radius 1 is 1.32 bits per heavy atom. The summed E-state index contributed by atoms with van der Waals surface area (Å²) >= 11 is 0. The first kappa shape index (κ1) is 21.9. The van der Waals surface area contributed by atoms with E-state index in [2.05, 4.69) is 0 Å². The van der Waals surface area contributed by atoms with E-state index in [9.17, 15) is 31.2 Å². The van der Waals surface area contributed by atoms with Crippen LogP contribution in [0.3, 0.4) is 0 Å². The minimum absolute atomic E-state index is 0.148. The van der Waals surface area contributed by atoms with Crippen molar-refractivity contribution >= 4 is 27.6 Å². The number of primary amides is 1. The summed E-state index contributed by atoms with van der Waals surface area (Å²) in [7, 11) is -4.66. The molecule has 2 rings (SSSR count). The zero-order valence-corrected chi connectivity index (χ0v) is 15.5. The molecule has 9 nitrogen and oxygen atoms in total. The predicted molar refractivity (Wildman–Crippen MR) is 87.7 cm³/mol. The molecule has 2 atom stereocenters. The van der Waals surface area contributed by atoms with Crippen molar-refractivity contribution < 1.29 is 45.4 Å². The van der Waals surface area contributed by atoms with Gasteiger partial charge < -0.3 is 19.9 Å². The van der Waals surface area contributed by atoms with Gasteiger partial charge in [0.1, 0.15) is 17.6 Å². The first-order valence-electron chi connectivity index (χ1n) is 7.75. The Kier molecular flexibility index (Phi) is 6.21. The molecular formula is C15H17F3N2O7S. The zero-order chi connectivity index (χ0) is 21.3. The highest BCUT2D eigenvalue weighted by Gasteiger charge is 2.42. The fraction of sp³-hybridized carbons (Fsp3) is 0.467. The highest BCUT2D eigenvalue weighted by molar-refractivity contribution is 7.93. The molecule has 1 amide bonds. The normalized spacial score (nSPS) is 19.8. The van der Waals surface area contributed by atoms with E-state index in [-0.39, 0.29) is 18.7 Å². The minimum Gasteiger partial charge on any atom is -0.449 e. The number of carbonyl (C=O) groups is 2. The maximum Gasteiger partial charge on any atom is 0.323 e. The molecule has 0 spiro atoms. The van der Waals surface area contributed by atoms with Gasteiger partial charge in [0.25, 0.3) is 5.91 Å². The number of halogens is 3. The van der Waals surface area contributed by atoms with Gasteiger partial charge >= 0.3 is 5.97 Å². The number of nitrogens with two attached hydrogens (primary N) is 1. The summed E-state index contributed by atoms with van der Waals surface area (Å²) in [5.74, 6) is -9.33. The van der Waals surface area contributed by atoms with E-state index in [0.717, 1.165) is 0 Å². The van der Waals surface area contributed by atoms with Gasteiger partial charge in [0.05, 0.1) is 6.61 Å². The second kappa shape index (κ2) is 7.93. The largest absolute Gasteiger partial charge is 0.449 e. The van der Waals surface area contributed by atoms with Crippen LogP contribution in [0.2, 0.25) is 0 Å². The molecule has 1 aliphatic rings. The van der Waals surface area contributed by atoms with Crippen molar-refractivity contribution in [3.8, 4) is 0 Å². The molecule has 13 heteroatoms. The van der Waals surface area contributed by atoms with Gasteiger partial charge in [-0.3, -0.25) is 14.3 Å². The molecule has 0 radical (unpaired) electrons. The van der Waals surface area contributed by atoms with Gasteiger partial charge in [-0.2, -0.15) is 0 Å². The molecule has 1 saturated heterocycles. The van der Waals surface area contributed by atoms with E-state index in [0.29, 0.717) is 0 Å². The third-order valence-corrected chi connectivity index (χ3v) is 4.61. The van der Waals surface area contributed by atoms with Gasteiger partial charge in [0, 0.05) is 12.1 Å². The molecule has 1 heterocycles. The van der Waals surface area contributed by atoms with Crippen LogP contribution < -0.4 is 10.5 Å². The van der Waals surface area contributed by atoms with Crippen LogP contribution in [-0.2, 0) is 33.8 Å². The lowest BCUT2D eigenvalue weighted by atomic mass is 10.2. The van der Waals surface area contributed by atoms with E-state index >= 15 is 0 Å². The fourth-order valence-corrected chi connectivity index (χ4v) is 3.30. The van der Waals surface area contributed by atoms with Crippen molar-refractivity contribution in [1.82, 2.24) is 0 Å². The van der Waals surface area contributed by atoms with Crippen LogP contribution in [0.15, 0.2) is 12.1 Å². The van der Waals surface area contributed by atoms with E-state index in [1.807, 2.05) is 0 Å². The molecular weight excluding hydrogens is 409 g/mol. The van der Waals surface area contributed by atoms with Crippen molar-refractivity contribution in [3.63, 3.8) is 0 Å². The lowest BCUT2D eigenvalue weighted by molar-refractivity contribution is -0.173. The van der Waals surface area contributed by atoms with Crippen molar-refractivity contribution in [1.29, 1.82) is 0 Å². The topological polar surface area (TPSA) is 134 Å². The molecule has 156 valence electrons. The molecule has 2 unspecified atom stereocenters. The van der Waals surface area contributed by atoms with Crippen molar-refractivity contribution in [2.75, 3.05) is 17.1 Å². The van der Waals surface area contributed by atoms with Gasteiger partial charge in [0.2, 0.25) is 16.1 Å². The lowest BCUT2D eigenvalue weighted by Crippen LogP contribution is -2.45. The Morgan fingerprint density at radius 3 is 2.36 bits per heavy atom. The molecule has 1 aromatic carbocycles. The number of esters is 1. The Labute approximate surface area is 158 Å². The zero-order valence-electron chi connectivity index (χ0n) is 14.7. The standard InChI is InChI=1S/C15H17F3N2O7S/c1-15(2)25-5-10(27-15)13(14(19)22)26-11(21)6-28(23,24)20-12-8(17)3-7(16)4-9(12)18/h3-4,10,13,20H,5-6H2,1-2H3,(H2,19,22). The summed E-state index contributed by atoms with van der Waals surface area (Å²) < 4.78 is 80.7. The Balaban J connectivity index is 2.07. The number of carbonyl (C=O) groups excluding carboxylic acids is 2. The summed E-state index contributed by atoms with van der Waals surface area (Å²) in [5, 5.41) is 0. The molecule has 3 N–H and O–H groups in total. The third kappa shape index (κ3) is 5.56. The summed E-state index contributed by atoms with van der Waals surface area (Å²) in [6, 6.07) is 0.503. The molecule has 0 saturated carbocycles. The molecule has 0 aromatic heterocycles. The summed E-state index contributed by atoms with van der Waals surface area (Å²) in [5.41, 5.74) is 3.97. The van der Waals surface area contributed by atoms with E-state index < -0.39 is 68.8 Å². The van der Waals surface area contributed by atoms with Crippen molar-refractivity contribution in [3.05, 3.63) is 29.6 Å². The van der Waals surface area contributed by atoms with Gasteiger partial charge in [-0.05, 0) is 13.8 Å². The maximum absolute atomic E-state index is 13.6. The number of hydrogen-bond donors (Lipinski definition) is 2. The number of ether oxygens (including phenoxy) is 3. The van der Waals surface area contributed by atoms with Crippen molar-refractivity contribution in [2.45, 2.75) is 31.8 Å². The predicted octanol–water partition coefficient (Wildman–Crippen LogP) is 0.394. The third-order valence-electron chi connectivity index (χ3n) is 3.48. The second-order valence-electron chi connectivity index (χ2n) is 6.29. The Bertz CT molecular complexity index is 869. The molecule has 0 aliphatic carbocycles. The highest BCUT2D eigenvalue weighted by atomic mass is 32.2. The number of hydrogen-bond acceptors (Lipinski definition) is 7. The summed E-state index contributed by atoms with van der Waals surface area (Å²) in [6.45, 7) is 2.92. The fourth-order valence-electron chi connectivity index (χ4n) is 2.34. The van der Waals surface area contributed by atoms with E-state index in [1.165, 1.54) is 18.6 Å². The van der Waals surface area contributed by atoms with Gasteiger partial charge in [-0.15, -0.1) is 0 Å². The quantitative estimate of drug-likeness (QED) is 0.603. The number of anilines is 1. The van der Waals surface area contributed by atoms with Crippen LogP contribution in [0, 0.1) is 17.5 Å². The van der Waals surface area contributed by atoms with Crippen LogP contribution in [0.4, 0.5) is 18.9 Å². The monoisotopic (exact) mass is 426 g/mol. The second-order valence-corrected chi connectivity index (χ2v) is 8.01. The van der Waals surface area contributed by atoms with Gasteiger partial charge in [-0.1, -0.05) is 0 Å². The summed E-state index contributed by atoms with van der Waals surface area (Å²) in [6.07, 6.45) is -2.72. The molecule has 0 bridgehead atoms. The number of amides is 1. The summed E-state index contributed by atoms with van der Waals surface area (Å²) in [4.78, 5) is 23.4. The van der Waals surface area contributed by atoms with E-state index in [1.54, 1.807) is 0 Å². The van der Waals surface area contributed by atoms with Crippen LogP contribution in [0.1, 0.15) is 13.8 Å². The molecule has 1 fully saturated rings. The average molecular weight is 426 g/mol. The number of sulfonamides is 1. The minimum atomic E-state index is -4.66. The number of rotatable bonds is 7. The van der Waals surface area contributed by atoms with Crippen LogP contribution in [-0.4, -0.2) is 50.6 Å².